The minimum atomic E-state index is -0.108. The summed E-state index contributed by atoms with van der Waals surface area (Å²) in [6.45, 7) is 5.85. The third kappa shape index (κ3) is 3.85. The van der Waals surface area contributed by atoms with Crippen molar-refractivity contribution < 1.29 is 4.74 Å². The topological polar surface area (TPSA) is 44.1 Å². The molecule has 3 aromatic rings. The fraction of sp³-hybridized carbons (Fsp3) is 0.217. The van der Waals surface area contributed by atoms with Gasteiger partial charge in [-0.25, -0.2) is 4.68 Å². The van der Waals surface area contributed by atoms with Crippen molar-refractivity contribution in [1.29, 1.82) is 0 Å². The Hall–Kier alpha value is -3.14. The van der Waals surface area contributed by atoms with Crippen LogP contribution >= 0.6 is 0 Å². The molecule has 0 amide bonds. The molecular formula is C23H24N2O2. The zero-order valence-corrected chi connectivity index (χ0v) is 16.1. The van der Waals surface area contributed by atoms with Crippen molar-refractivity contribution in [3.05, 3.63) is 81.8 Å². The molecule has 0 saturated heterocycles. The van der Waals surface area contributed by atoms with Crippen molar-refractivity contribution in [3.63, 3.8) is 0 Å². The minimum absolute atomic E-state index is 0.0215. The summed E-state index contributed by atoms with van der Waals surface area (Å²) in [5.74, 6) is 0.721. The second kappa shape index (κ2) is 8.04. The molecule has 0 spiro atoms. The van der Waals surface area contributed by atoms with E-state index in [0.29, 0.717) is 5.56 Å². The molecule has 3 rings (SSSR count). The molecule has 0 atom stereocenters. The maximum Gasteiger partial charge on any atom is 0.274 e. The van der Waals surface area contributed by atoms with E-state index >= 15 is 0 Å². The zero-order chi connectivity index (χ0) is 19.4. The normalized spacial score (nSPS) is 11.3. The number of rotatable bonds is 5. The molecule has 0 fully saturated rings. The first-order valence-corrected chi connectivity index (χ1v) is 9.03. The Morgan fingerprint density at radius 1 is 1.00 bits per heavy atom. The monoisotopic (exact) mass is 360 g/mol. The highest BCUT2D eigenvalue weighted by atomic mass is 16.5. The third-order valence-corrected chi connectivity index (χ3v) is 4.43. The van der Waals surface area contributed by atoms with Crippen LogP contribution in [-0.4, -0.2) is 16.9 Å². The predicted octanol–water partition coefficient (Wildman–Crippen LogP) is 4.98. The molecular weight excluding hydrogens is 336 g/mol. The molecule has 0 N–H and O–H groups in total. The van der Waals surface area contributed by atoms with E-state index < -0.39 is 0 Å². The molecule has 0 radical (unpaired) electrons. The van der Waals surface area contributed by atoms with Crippen molar-refractivity contribution in [1.82, 2.24) is 9.78 Å². The Bertz CT molecular complexity index is 1020. The van der Waals surface area contributed by atoms with Crippen molar-refractivity contribution in [2.45, 2.75) is 26.8 Å². The van der Waals surface area contributed by atoms with Crippen molar-refractivity contribution >= 4 is 12.2 Å². The lowest BCUT2D eigenvalue weighted by atomic mass is 9.97. The van der Waals surface area contributed by atoms with Crippen LogP contribution in [0.2, 0.25) is 0 Å². The first-order chi connectivity index (χ1) is 13.0. The molecule has 0 aliphatic heterocycles. The van der Waals surface area contributed by atoms with E-state index in [-0.39, 0.29) is 11.6 Å². The number of methoxy groups -OCH3 is 1. The van der Waals surface area contributed by atoms with Crippen LogP contribution in [0.3, 0.4) is 0 Å². The van der Waals surface area contributed by atoms with Crippen molar-refractivity contribution in [3.8, 4) is 16.9 Å². The number of nitrogens with zero attached hydrogens (tertiary/aromatic N) is 2. The van der Waals surface area contributed by atoms with E-state index in [1.807, 2.05) is 87.5 Å². The highest BCUT2D eigenvalue weighted by Crippen LogP contribution is 2.33. The molecule has 1 aromatic heterocycles. The maximum absolute atomic E-state index is 13.2. The average Bonchev–Trinajstić information content (AvgIpc) is 2.68. The van der Waals surface area contributed by atoms with Gasteiger partial charge in [-0.15, -0.1) is 0 Å². The van der Waals surface area contributed by atoms with Crippen LogP contribution in [0.5, 0.6) is 5.75 Å². The molecule has 2 aromatic carbocycles. The summed E-state index contributed by atoms with van der Waals surface area (Å²) in [4.78, 5) is 13.2. The van der Waals surface area contributed by atoms with Crippen LogP contribution in [0.4, 0.5) is 0 Å². The summed E-state index contributed by atoms with van der Waals surface area (Å²) in [6, 6.07) is 17.6. The van der Waals surface area contributed by atoms with Gasteiger partial charge >= 0.3 is 0 Å². The molecule has 0 unspecified atom stereocenters. The lowest BCUT2D eigenvalue weighted by Crippen LogP contribution is -2.28. The number of hydrogen-bond acceptors (Lipinski definition) is 3. The molecule has 1 heterocycles. The highest BCUT2D eigenvalue weighted by Gasteiger charge is 2.18. The van der Waals surface area contributed by atoms with E-state index in [1.165, 1.54) is 0 Å². The van der Waals surface area contributed by atoms with Gasteiger partial charge in [0.1, 0.15) is 5.75 Å². The molecule has 0 aliphatic rings. The van der Waals surface area contributed by atoms with Gasteiger partial charge in [0, 0.05) is 11.1 Å². The summed E-state index contributed by atoms with van der Waals surface area (Å²) in [6.07, 6.45) is 3.84. The molecule has 138 valence electrons. The number of aryl methyl sites for hydroxylation is 1. The van der Waals surface area contributed by atoms with Crippen molar-refractivity contribution in [2.24, 2.45) is 0 Å². The Morgan fingerprint density at radius 3 is 2.33 bits per heavy atom. The van der Waals surface area contributed by atoms with Crippen LogP contribution in [0.1, 0.15) is 36.7 Å². The maximum atomic E-state index is 13.2. The van der Waals surface area contributed by atoms with Gasteiger partial charge in [-0.2, -0.15) is 5.10 Å². The van der Waals surface area contributed by atoms with E-state index in [9.17, 15) is 4.79 Å². The second-order valence-corrected chi connectivity index (χ2v) is 6.66. The Morgan fingerprint density at radius 2 is 1.67 bits per heavy atom. The van der Waals surface area contributed by atoms with Crippen LogP contribution < -0.4 is 10.3 Å². The summed E-state index contributed by atoms with van der Waals surface area (Å²) < 4.78 is 7.07. The van der Waals surface area contributed by atoms with Gasteiger partial charge < -0.3 is 4.74 Å². The Labute approximate surface area is 159 Å². The molecule has 4 heteroatoms. The standard InChI is InChI=1S/C23H24N2O2/c1-16(2)25-23(26)20(15-14-18-10-6-5-7-11-18)22(17(3)24-25)19-12-8-9-13-21(19)27-4/h5-16H,1-4H3/b15-14+. The van der Waals surface area contributed by atoms with Gasteiger partial charge in [0.05, 0.1) is 24.4 Å². The van der Waals surface area contributed by atoms with Crippen LogP contribution in [0.15, 0.2) is 59.4 Å². The average molecular weight is 360 g/mol. The zero-order valence-electron chi connectivity index (χ0n) is 16.1. The van der Waals surface area contributed by atoms with Gasteiger partial charge in [0.25, 0.3) is 5.56 Å². The summed E-state index contributed by atoms with van der Waals surface area (Å²) in [5, 5.41) is 4.55. The molecule has 0 aliphatic carbocycles. The predicted molar refractivity (Wildman–Crippen MR) is 111 cm³/mol. The molecule has 27 heavy (non-hydrogen) atoms. The fourth-order valence-electron chi connectivity index (χ4n) is 3.12. The lowest BCUT2D eigenvalue weighted by molar-refractivity contribution is 0.416. The highest BCUT2D eigenvalue weighted by molar-refractivity contribution is 5.84. The van der Waals surface area contributed by atoms with Gasteiger partial charge in [-0.05, 0) is 38.5 Å². The van der Waals surface area contributed by atoms with Gasteiger partial charge in [-0.3, -0.25) is 4.79 Å². The lowest BCUT2D eigenvalue weighted by Gasteiger charge is -2.17. The van der Waals surface area contributed by atoms with E-state index in [4.69, 9.17) is 4.74 Å². The van der Waals surface area contributed by atoms with E-state index in [2.05, 4.69) is 5.10 Å². The first-order valence-electron chi connectivity index (χ1n) is 9.03. The Balaban J connectivity index is 2.28. The SMILES string of the molecule is COc1ccccc1-c1c(C)nn(C(C)C)c(=O)c1/C=C/c1ccccc1. The number of para-hydroxylation sites is 1. The van der Waals surface area contributed by atoms with Crippen molar-refractivity contribution in [2.75, 3.05) is 7.11 Å². The van der Waals surface area contributed by atoms with Crippen LogP contribution in [0.25, 0.3) is 23.3 Å². The summed E-state index contributed by atoms with van der Waals surface area (Å²) in [5.41, 5.74) is 4.01. The number of hydrogen-bond donors (Lipinski definition) is 0. The summed E-state index contributed by atoms with van der Waals surface area (Å²) in [7, 11) is 1.64. The van der Waals surface area contributed by atoms with E-state index in [0.717, 1.165) is 28.1 Å². The molecule has 4 nitrogen and oxygen atoms in total. The smallest absolute Gasteiger partial charge is 0.274 e. The number of benzene rings is 2. The first kappa shape index (κ1) is 18.6. The Kier molecular flexibility index (Phi) is 5.55. The van der Waals surface area contributed by atoms with Gasteiger partial charge in [0.2, 0.25) is 0 Å². The minimum Gasteiger partial charge on any atom is -0.496 e. The molecule has 0 bridgehead atoms. The van der Waals surface area contributed by atoms with E-state index in [1.54, 1.807) is 11.8 Å². The second-order valence-electron chi connectivity index (χ2n) is 6.66. The molecule has 0 saturated carbocycles. The summed E-state index contributed by atoms with van der Waals surface area (Å²) >= 11 is 0. The number of aromatic nitrogens is 2. The van der Waals surface area contributed by atoms with Gasteiger partial charge in [0.15, 0.2) is 0 Å². The van der Waals surface area contributed by atoms with Crippen LogP contribution in [-0.2, 0) is 0 Å². The quantitative estimate of drug-likeness (QED) is 0.645. The number of ether oxygens (including phenoxy) is 1. The van der Waals surface area contributed by atoms with Crippen LogP contribution in [0, 0.1) is 6.92 Å². The third-order valence-electron chi connectivity index (χ3n) is 4.43. The largest absolute Gasteiger partial charge is 0.496 e. The van der Waals surface area contributed by atoms with Gasteiger partial charge in [-0.1, -0.05) is 54.6 Å². The fourth-order valence-corrected chi connectivity index (χ4v) is 3.12.